The Kier molecular flexibility index (Phi) is 33.9. The molecule has 0 fully saturated rings. The van der Waals surface area contributed by atoms with Crippen LogP contribution in [-0.2, 0) is 48.2 Å². The highest BCUT2D eigenvalue weighted by atomic mass is 32.1. The van der Waals surface area contributed by atoms with E-state index >= 15 is 0 Å². The second-order valence-corrected chi connectivity index (χ2v) is 35.3. The largest absolute Gasteiger partial charge is 0.438 e. The Hall–Kier alpha value is -8.75. The number of allylic oxidation sites excluding steroid dienone is 2. The lowest BCUT2D eigenvalue weighted by molar-refractivity contribution is -0.116. The molecule has 99 heavy (non-hydrogen) atoms. The molecule has 0 saturated heterocycles. The van der Waals surface area contributed by atoms with Crippen molar-refractivity contribution in [1.82, 2.24) is 43.6 Å². The van der Waals surface area contributed by atoms with E-state index in [1.807, 2.05) is 87.6 Å². The zero-order chi connectivity index (χ0) is 76.3. The molecule has 1 atom stereocenters. The molecule has 526 valence electrons. The number of aromatic nitrogens is 9. The highest BCUT2D eigenvalue weighted by molar-refractivity contribution is 7.12. The van der Waals surface area contributed by atoms with E-state index in [0.717, 1.165) is 57.2 Å². The maximum absolute atomic E-state index is 11.0. The number of oxazole rings is 2. The first-order valence-electron chi connectivity index (χ1n) is 32.0. The Morgan fingerprint density at radius 1 is 0.535 bits per heavy atom. The summed E-state index contributed by atoms with van der Waals surface area (Å²) in [4.78, 5) is 29.9. The first-order chi connectivity index (χ1) is 45.3. The van der Waals surface area contributed by atoms with Gasteiger partial charge in [-0.2, -0.15) is 13.8 Å². The maximum atomic E-state index is 11.0. The van der Waals surface area contributed by atoms with Crippen LogP contribution in [0.25, 0.3) is 0 Å². The predicted molar refractivity (Wildman–Crippen MR) is 416 cm³/mol. The summed E-state index contributed by atoms with van der Waals surface area (Å²) in [5, 5.41) is 13.5. The van der Waals surface area contributed by atoms with Gasteiger partial charge in [0.15, 0.2) is 21.5 Å². The molecule has 0 N–H and O–H groups in total. The Balaban J connectivity index is 0.000000557. The smallest absolute Gasteiger partial charge is 0.273 e. The second-order valence-electron chi connectivity index (χ2n) is 32.0. The van der Waals surface area contributed by atoms with Crippen LogP contribution in [0.4, 0.5) is 0 Å². The average molecular weight is 1410 g/mol. The van der Waals surface area contributed by atoms with Crippen LogP contribution in [0.15, 0.2) is 79.3 Å². The Morgan fingerprint density at radius 3 is 1.39 bits per heavy atom. The number of carbonyl (C=O) groups excluding carboxylic acids is 1. The van der Waals surface area contributed by atoms with Gasteiger partial charge in [0, 0.05) is 72.6 Å². The molecule has 0 amide bonds. The monoisotopic (exact) mass is 1410 g/mol. The van der Waals surface area contributed by atoms with Crippen molar-refractivity contribution in [2.75, 3.05) is 0 Å². The summed E-state index contributed by atoms with van der Waals surface area (Å²) in [7, 11) is 0. The van der Waals surface area contributed by atoms with Crippen LogP contribution in [-0.4, -0.2) is 49.4 Å². The van der Waals surface area contributed by atoms with Gasteiger partial charge >= 0.3 is 0 Å². The van der Waals surface area contributed by atoms with Crippen molar-refractivity contribution in [3.63, 3.8) is 0 Å². The number of carbonyl (C=O) groups is 1. The Bertz CT molecular complexity index is 3580. The van der Waals surface area contributed by atoms with Gasteiger partial charge in [-0.1, -0.05) is 177 Å². The molecule has 1 aliphatic rings. The van der Waals surface area contributed by atoms with Gasteiger partial charge in [0.05, 0.1) is 23.1 Å². The van der Waals surface area contributed by atoms with Crippen LogP contribution < -0.4 is 0 Å². The summed E-state index contributed by atoms with van der Waals surface area (Å²) in [5.74, 6) is 22.9. The van der Waals surface area contributed by atoms with Gasteiger partial charge in [0.25, 0.3) is 11.8 Å². The molecule has 0 bridgehead atoms. The Morgan fingerprint density at radius 2 is 1.10 bits per heavy atom. The van der Waals surface area contributed by atoms with Crippen molar-refractivity contribution < 1.29 is 18.2 Å². The number of thiazole rings is 2. The standard InChI is InChI=1S/C10H16O.C9H12N2.3C9H11NO.4C9H11NS/c1-10(2,3)8-5-4-6-9(11)7-8;1-5-8-6-7-11(10-8)9(2,3)4;1-5-8-10-7(6-11-8)9(2,3)4;1-5-8-10-6-7(11-8)9(2,3)4;1-5-7-6-8(11-10-7)9(2,3)4;1-5-8-10-7(6-11-8)9(2,3)4;1-5-8-10-6-7(11-8)9(2,3)4;1-5-8-7(6-11-10-8)9(2,3)4;1-5-7-6-8(11-10-7)9(2,3)4/h4,6,8H,5,7H2,1-3H3;1,6-7H,2-4H3;7*1,6H,2-4H3. The van der Waals surface area contributed by atoms with E-state index in [9.17, 15) is 4.79 Å². The molecule has 8 aromatic heterocycles. The third-order valence-electron chi connectivity index (χ3n) is 13.7. The number of hydrogen-bond acceptors (Lipinski definition) is 16. The van der Waals surface area contributed by atoms with Crippen molar-refractivity contribution >= 4 is 51.5 Å². The minimum atomic E-state index is -0.0118. The summed E-state index contributed by atoms with van der Waals surface area (Å²) < 4.78 is 25.3. The summed E-state index contributed by atoms with van der Waals surface area (Å²) >= 11 is 6.04. The van der Waals surface area contributed by atoms with Crippen LogP contribution in [0, 0.1) is 110 Å². The number of nitrogens with zero attached hydrogens (tertiary/aromatic N) is 9. The first kappa shape index (κ1) is 88.3. The molecule has 9 rings (SSSR count). The fourth-order valence-electron chi connectivity index (χ4n) is 7.20. The fourth-order valence-corrected chi connectivity index (χ4v) is 10.5. The molecule has 0 radical (unpaired) electrons. The molecule has 0 saturated carbocycles. The zero-order valence-electron chi connectivity index (χ0n) is 63.8. The van der Waals surface area contributed by atoms with Crippen molar-refractivity contribution in [3.8, 4) is 98.8 Å². The molecule has 0 spiro atoms. The van der Waals surface area contributed by atoms with E-state index in [1.54, 1.807) is 35.9 Å². The lowest BCUT2D eigenvalue weighted by atomic mass is 9.74. The molecule has 0 aliphatic heterocycles. The van der Waals surface area contributed by atoms with Crippen LogP contribution in [0.3, 0.4) is 0 Å². The number of hydrogen-bond donors (Lipinski definition) is 0. The molecular formula is C82H105N9O4S4. The van der Waals surface area contributed by atoms with Crippen LogP contribution in [0.2, 0.25) is 0 Å². The minimum Gasteiger partial charge on any atom is -0.438 e. The number of rotatable bonds is 0. The normalized spacial score (nSPS) is 12.7. The van der Waals surface area contributed by atoms with Gasteiger partial charge in [-0.25, -0.2) is 19.9 Å². The highest BCUT2D eigenvalue weighted by Crippen LogP contribution is 2.34. The molecule has 8 heterocycles. The third kappa shape index (κ3) is 32.7. The molecule has 17 heteroatoms. The van der Waals surface area contributed by atoms with E-state index in [-0.39, 0.29) is 54.6 Å². The van der Waals surface area contributed by atoms with Crippen molar-refractivity contribution in [2.24, 2.45) is 11.3 Å². The average Bonchev–Trinajstić information content (AvgIpc) is 1.70. The van der Waals surface area contributed by atoms with Gasteiger partial charge in [-0.15, -0.1) is 74.1 Å². The molecule has 8 aromatic rings. The summed E-state index contributed by atoms with van der Waals surface area (Å²) in [5.41, 5.74) is 6.82. The van der Waals surface area contributed by atoms with Gasteiger partial charge < -0.3 is 13.4 Å². The highest BCUT2D eigenvalue weighted by Gasteiger charge is 2.28. The van der Waals surface area contributed by atoms with E-state index in [4.69, 9.17) is 64.7 Å². The SMILES string of the molecule is C#Cc1cc(C(C)(C)C)on1.C#Cc1cc(C(C)(C)C)sn1.C#Cc1ccn(C(C)(C)C)n1.C#Cc1nc(C(C)(C)C)co1.C#Cc1nc(C(C)(C)C)cs1.C#Cc1ncc(C(C)(C)C)o1.C#Cc1ncc(C(C)(C)C)s1.C#Cc1nscc1C(C)(C)C.CC(C)(C)C1CC=CC(=O)C1. The molecular weight excluding hydrogens is 1300 g/mol. The molecule has 0 aromatic carbocycles. The number of terminal acetylenes is 8. The van der Waals surface area contributed by atoms with E-state index in [0.29, 0.717) is 29.1 Å². The molecule has 1 aliphatic carbocycles. The topological polar surface area (TPSA) is 165 Å². The first-order valence-corrected chi connectivity index (χ1v) is 35.4. The quantitative estimate of drug-likeness (QED) is 0.132. The van der Waals surface area contributed by atoms with Crippen molar-refractivity contribution in [1.29, 1.82) is 0 Å². The Labute approximate surface area is 611 Å². The summed E-state index contributed by atoms with van der Waals surface area (Å²) in [6, 6.07) is 5.61. The van der Waals surface area contributed by atoms with Crippen LogP contribution in [0.5, 0.6) is 0 Å². The maximum Gasteiger partial charge on any atom is 0.273 e. The molecule has 1 unspecified atom stereocenters. The van der Waals surface area contributed by atoms with E-state index in [2.05, 4.69) is 232 Å². The van der Waals surface area contributed by atoms with Crippen LogP contribution >= 0.6 is 45.7 Å². The second kappa shape index (κ2) is 38.0. The number of ketones is 1. The minimum absolute atomic E-state index is 0.0118. The third-order valence-corrected chi connectivity index (χ3v) is 17.6. The summed E-state index contributed by atoms with van der Waals surface area (Å²) in [6.07, 6.45) is 54.0. The van der Waals surface area contributed by atoms with Gasteiger partial charge in [-0.3, -0.25) is 9.48 Å². The van der Waals surface area contributed by atoms with E-state index < -0.39 is 0 Å². The van der Waals surface area contributed by atoms with Crippen LogP contribution in [0.1, 0.15) is 283 Å². The van der Waals surface area contributed by atoms with Crippen molar-refractivity contribution in [3.05, 3.63) is 149 Å². The predicted octanol–water partition coefficient (Wildman–Crippen LogP) is 19.7. The van der Waals surface area contributed by atoms with E-state index in [1.165, 1.54) is 49.7 Å². The zero-order valence-corrected chi connectivity index (χ0v) is 67.0. The summed E-state index contributed by atoms with van der Waals surface area (Å²) in [6.45, 7) is 57.0. The van der Waals surface area contributed by atoms with Gasteiger partial charge in [0.1, 0.15) is 34.9 Å². The van der Waals surface area contributed by atoms with Gasteiger partial charge in [-0.05, 0) is 143 Å². The van der Waals surface area contributed by atoms with Gasteiger partial charge in [0.2, 0.25) is 0 Å². The van der Waals surface area contributed by atoms with Crippen molar-refractivity contribution in [2.45, 2.75) is 243 Å². The lowest BCUT2D eigenvalue weighted by Gasteiger charge is -2.30. The lowest BCUT2D eigenvalue weighted by Crippen LogP contribution is -2.24. The molecule has 13 nitrogen and oxygen atoms in total. The fraction of sp³-hybridized carbons (Fsp3) is 0.476.